The summed E-state index contributed by atoms with van der Waals surface area (Å²) in [5, 5.41) is 3.72. The van der Waals surface area contributed by atoms with E-state index in [2.05, 4.69) is 19.2 Å². The number of nitrogens with one attached hydrogen (secondary N) is 1. The van der Waals surface area contributed by atoms with Crippen molar-refractivity contribution in [1.29, 1.82) is 0 Å². The van der Waals surface area contributed by atoms with E-state index in [1.54, 1.807) is 0 Å². The summed E-state index contributed by atoms with van der Waals surface area (Å²) in [5.74, 6) is 1.64. The summed E-state index contributed by atoms with van der Waals surface area (Å²) in [6.45, 7) is 8.00. The van der Waals surface area contributed by atoms with E-state index in [1.165, 1.54) is 32.1 Å². The third-order valence-electron chi connectivity index (χ3n) is 4.36. The van der Waals surface area contributed by atoms with Crippen molar-refractivity contribution in [1.82, 2.24) is 5.32 Å². The average molecular weight is 255 g/mol. The summed E-state index contributed by atoms with van der Waals surface area (Å²) in [4.78, 5) is 0. The highest BCUT2D eigenvalue weighted by atomic mass is 16.6. The highest BCUT2D eigenvalue weighted by molar-refractivity contribution is 4.88. The van der Waals surface area contributed by atoms with Gasteiger partial charge in [-0.1, -0.05) is 26.7 Å². The number of rotatable bonds is 5. The van der Waals surface area contributed by atoms with Gasteiger partial charge in [-0.3, -0.25) is 0 Å². The van der Waals surface area contributed by atoms with Crippen LogP contribution in [0.3, 0.4) is 0 Å². The molecule has 3 nitrogen and oxygen atoms in total. The first kappa shape index (κ1) is 14.3. The van der Waals surface area contributed by atoms with Gasteiger partial charge in [0.1, 0.15) is 0 Å². The molecule has 0 aromatic heterocycles. The molecule has 2 aliphatic rings. The molecule has 1 aliphatic heterocycles. The zero-order valence-corrected chi connectivity index (χ0v) is 12.0. The Labute approximate surface area is 112 Å². The van der Waals surface area contributed by atoms with E-state index in [4.69, 9.17) is 9.47 Å². The summed E-state index contributed by atoms with van der Waals surface area (Å²) in [5.41, 5.74) is 0. The Morgan fingerprint density at radius 3 is 2.83 bits per heavy atom. The largest absolute Gasteiger partial charge is 0.376 e. The van der Waals surface area contributed by atoms with Gasteiger partial charge in [0.2, 0.25) is 0 Å². The van der Waals surface area contributed by atoms with Crippen LogP contribution in [0.1, 0.15) is 46.0 Å². The third-order valence-corrected chi connectivity index (χ3v) is 4.36. The average Bonchev–Trinajstić information content (AvgIpc) is 2.40. The Balaban J connectivity index is 1.93. The fourth-order valence-electron chi connectivity index (χ4n) is 3.43. The molecule has 0 amide bonds. The van der Waals surface area contributed by atoms with Crippen molar-refractivity contribution in [3.63, 3.8) is 0 Å². The van der Waals surface area contributed by atoms with E-state index in [0.717, 1.165) is 38.2 Å². The lowest BCUT2D eigenvalue weighted by molar-refractivity contribution is -0.111. The molecule has 1 N–H and O–H groups in total. The second-order valence-electron chi connectivity index (χ2n) is 6.00. The highest BCUT2D eigenvalue weighted by Gasteiger charge is 2.33. The van der Waals surface area contributed by atoms with Crippen molar-refractivity contribution in [2.75, 3.05) is 26.4 Å². The van der Waals surface area contributed by atoms with Crippen LogP contribution >= 0.6 is 0 Å². The fourth-order valence-corrected chi connectivity index (χ4v) is 3.43. The Bertz CT molecular complexity index is 229. The fraction of sp³-hybridized carbons (Fsp3) is 1.00. The topological polar surface area (TPSA) is 30.5 Å². The highest BCUT2D eigenvalue weighted by Crippen LogP contribution is 2.32. The van der Waals surface area contributed by atoms with Crippen LogP contribution in [-0.2, 0) is 9.47 Å². The molecule has 2 rings (SSSR count). The molecule has 0 radical (unpaired) electrons. The van der Waals surface area contributed by atoms with E-state index in [1.807, 2.05) is 0 Å². The number of ether oxygens (including phenoxy) is 2. The SMILES string of the molecule is CCCNC(C1CCCC(C)C1)C1COCCO1. The molecule has 1 aliphatic carbocycles. The van der Waals surface area contributed by atoms with Gasteiger partial charge in [-0.15, -0.1) is 0 Å². The van der Waals surface area contributed by atoms with E-state index in [9.17, 15) is 0 Å². The number of hydrogen-bond donors (Lipinski definition) is 1. The summed E-state index contributed by atoms with van der Waals surface area (Å²) in [6.07, 6.45) is 6.93. The molecule has 106 valence electrons. The Morgan fingerprint density at radius 2 is 2.17 bits per heavy atom. The van der Waals surface area contributed by atoms with Gasteiger partial charge in [0.25, 0.3) is 0 Å². The van der Waals surface area contributed by atoms with Crippen LogP contribution in [0.5, 0.6) is 0 Å². The quantitative estimate of drug-likeness (QED) is 0.819. The van der Waals surface area contributed by atoms with Gasteiger partial charge in [0, 0.05) is 6.04 Å². The maximum atomic E-state index is 5.94. The molecular formula is C15H29NO2. The third kappa shape index (κ3) is 3.94. The van der Waals surface area contributed by atoms with E-state index >= 15 is 0 Å². The van der Waals surface area contributed by atoms with Crippen LogP contribution in [0.4, 0.5) is 0 Å². The van der Waals surface area contributed by atoms with Gasteiger partial charge in [-0.2, -0.15) is 0 Å². The molecule has 0 bridgehead atoms. The molecule has 4 atom stereocenters. The molecule has 2 fully saturated rings. The summed E-state index contributed by atoms with van der Waals surface area (Å²) >= 11 is 0. The second kappa shape index (κ2) is 7.46. The maximum Gasteiger partial charge on any atom is 0.0964 e. The van der Waals surface area contributed by atoms with Gasteiger partial charge >= 0.3 is 0 Å². The lowest BCUT2D eigenvalue weighted by Gasteiger charge is -2.39. The first-order valence-electron chi connectivity index (χ1n) is 7.74. The molecular weight excluding hydrogens is 226 g/mol. The van der Waals surface area contributed by atoms with Crippen LogP contribution in [0.15, 0.2) is 0 Å². The van der Waals surface area contributed by atoms with Gasteiger partial charge < -0.3 is 14.8 Å². The lowest BCUT2D eigenvalue weighted by Crippen LogP contribution is -2.51. The monoisotopic (exact) mass is 255 g/mol. The Kier molecular flexibility index (Phi) is 5.93. The zero-order chi connectivity index (χ0) is 12.8. The Morgan fingerprint density at radius 1 is 1.28 bits per heavy atom. The van der Waals surface area contributed by atoms with Crippen LogP contribution < -0.4 is 5.32 Å². The minimum absolute atomic E-state index is 0.264. The van der Waals surface area contributed by atoms with E-state index in [-0.39, 0.29) is 6.10 Å². The van der Waals surface area contributed by atoms with Crippen molar-refractivity contribution in [2.45, 2.75) is 58.1 Å². The molecule has 1 saturated carbocycles. The minimum atomic E-state index is 0.264. The normalized spacial score (nSPS) is 35.3. The maximum absolute atomic E-state index is 5.94. The van der Waals surface area contributed by atoms with Crippen molar-refractivity contribution in [3.05, 3.63) is 0 Å². The van der Waals surface area contributed by atoms with Crippen LogP contribution in [0, 0.1) is 11.8 Å². The molecule has 3 heteroatoms. The van der Waals surface area contributed by atoms with Gasteiger partial charge in [-0.25, -0.2) is 0 Å². The first-order chi connectivity index (χ1) is 8.81. The van der Waals surface area contributed by atoms with Crippen LogP contribution in [0.2, 0.25) is 0 Å². The molecule has 0 aromatic rings. The predicted octanol–water partition coefficient (Wildman–Crippen LogP) is 2.60. The molecule has 1 heterocycles. The van der Waals surface area contributed by atoms with Crippen molar-refractivity contribution >= 4 is 0 Å². The first-order valence-corrected chi connectivity index (χ1v) is 7.74. The summed E-state index contributed by atoms with van der Waals surface area (Å²) in [7, 11) is 0. The van der Waals surface area contributed by atoms with E-state index in [0.29, 0.717) is 6.04 Å². The zero-order valence-electron chi connectivity index (χ0n) is 12.0. The predicted molar refractivity (Wildman–Crippen MR) is 73.8 cm³/mol. The van der Waals surface area contributed by atoms with Gasteiger partial charge in [0.05, 0.1) is 25.9 Å². The Hall–Kier alpha value is -0.120. The molecule has 1 saturated heterocycles. The molecule has 0 aromatic carbocycles. The lowest BCUT2D eigenvalue weighted by atomic mass is 9.77. The molecule has 4 unspecified atom stereocenters. The standard InChI is InChI=1S/C15H29NO2/c1-3-7-16-15(14-11-17-8-9-18-14)13-6-4-5-12(2)10-13/h12-16H,3-11H2,1-2H3. The van der Waals surface area contributed by atoms with Crippen LogP contribution in [0.25, 0.3) is 0 Å². The van der Waals surface area contributed by atoms with E-state index < -0.39 is 0 Å². The molecule has 18 heavy (non-hydrogen) atoms. The van der Waals surface area contributed by atoms with Gasteiger partial charge in [0.15, 0.2) is 0 Å². The van der Waals surface area contributed by atoms with Gasteiger partial charge in [-0.05, 0) is 37.6 Å². The smallest absolute Gasteiger partial charge is 0.0964 e. The van der Waals surface area contributed by atoms with Crippen molar-refractivity contribution < 1.29 is 9.47 Å². The van der Waals surface area contributed by atoms with Crippen molar-refractivity contribution in [3.8, 4) is 0 Å². The second-order valence-corrected chi connectivity index (χ2v) is 6.00. The summed E-state index contributed by atoms with van der Waals surface area (Å²) in [6, 6.07) is 0.494. The minimum Gasteiger partial charge on any atom is -0.376 e. The summed E-state index contributed by atoms with van der Waals surface area (Å²) < 4.78 is 11.5. The number of hydrogen-bond acceptors (Lipinski definition) is 3. The van der Waals surface area contributed by atoms with Crippen molar-refractivity contribution in [2.24, 2.45) is 11.8 Å². The van der Waals surface area contributed by atoms with Crippen LogP contribution in [-0.4, -0.2) is 38.5 Å². The molecule has 0 spiro atoms.